The van der Waals surface area contributed by atoms with E-state index in [0.29, 0.717) is 11.6 Å². The number of carboxylic acids is 1. The molecule has 0 saturated heterocycles. The van der Waals surface area contributed by atoms with Crippen LogP contribution in [0.5, 0.6) is 0 Å². The Labute approximate surface area is 108 Å². The summed E-state index contributed by atoms with van der Waals surface area (Å²) in [5.41, 5.74) is 1.03. The molecular formula is C14H22N2O2. The quantitative estimate of drug-likeness (QED) is 0.861. The van der Waals surface area contributed by atoms with Gasteiger partial charge in [0.2, 0.25) is 0 Å². The number of pyridine rings is 1. The second-order valence-electron chi connectivity index (χ2n) is 5.78. The van der Waals surface area contributed by atoms with E-state index in [1.165, 1.54) is 0 Å². The molecule has 100 valence electrons. The second kappa shape index (κ2) is 5.38. The van der Waals surface area contributed by atoms with Gasteiger partial charge in [0.05, 0.1) is 11.3 Å². The molecule has 0 aliphatic rings. The molecule has 1 heterocycles. The van der Waals surface area contributed by atoms with Gasteiger partial charge in [0.1, 0.15) is 5.82 Å². The van der Waals surface area contributed by atoms with E-state index in [1.807, 2.05) is 0 Å². The summed E-state index contributed by atoms with van der Waals surface area (Å²) >= 11 is 0. The van der Waals surface area contributed by atoms with Gasteiger partial charge in [-0.2, -0.15) is 0 Å². The molecule has 4 nitrogen and oxygen atoms in total. The lowest BCUT2D eigenvalue weighted by Gasteiger charge is -2.27. The second-order valence-corrected chi connectivity index (χ2v) is 5.78. The van der Waals surface area contributed by atoms with Crippen LogP contribution < -0.4 is 5.32 Å². The smallest absolute Gasteiger partial charge is 0.337 e. The van der Waals surface area contributed by atoms with E-state index in [4.69, 9.17) is 5.11 Å². The summed E-state index contributed by atoms with van der Waals surface area (Å²) in [5.74, 6) is 0.293. The number of aromatic nitrogens is 1. The number of aryl methyl sites for hydroxylation is 1. The number of anilines is 1. The number of rotatable bonds is 4. The molecule has 18 heavy (non-hydrogen) atoms. The van der Waals surface area contributed by atoms with Gasteiger partial charge in [-0.25, -0.2) is 9.78 Å². The van der Waals surface area contributed by atoms with Gasteiger partial charge in [0, 0.05) is 6.54 Å². The molecule has 0 fully saturated rings. The lowest BCUT2D eigenvalue weighted by molar-refractivity contribution is 0.0695. The number of nitrogens with zero attached hydrogens (tertiary/aromatic N) is 1. The van der Waals surface area contributed by atoms with Crippen LogP contribution >= 0.6 is 0 Å². The number of nitrogens with one attached hydrogen (secondary N) is 1. The average Bonchev–Trinajstić information content (AvgIpc) is 2.24. The Morgan fingerprint density at radius 2 is 2.06 bits per heavy atom. The van der Waals surface area contributed by atoms with E-state index in [9.17, 15) is 4.79 Å². The maximum absolute atomic E-state index is 10.9. The highest BCUT2D eigenvalue weighted by atomic mass is 16.4. The molecule has 0 spiro atoms. The van der Waals surface area contributed by atoms with Crippen LogP contribution in [-0.4, -0.2) is 22.6 Å². The SMILES string of the molecule is Cc1nc(NCC(C)C(C)(C)C)ccc1C(=O)O. The predicted molar refractivity (Wildman–Crippen MR) is 73.0 cm³/mol. The summed E-state index contributed by atoms with van der Waals surface area (Å²) in [6.07, 6.45) is 0. The third kappa shape index (κ3) is 3.72. The fraction of sp³-hybridized carbons (Fsp3) is 0.571. The Hall–Kier alpha value is -1.58. The molecular weight excluding hydrogens is 228 g/mol. The van der Waals surface area contributed by atoms with Crippen molar-refractivity contribution < 1.29 is 9.90 Å². The molecule has 0 aromatic carbocycles. The molecule has 0 amide bonds. The molecule has 0 aliphatic heterocycles. The van der Waals surface area contributed by atoms with Gasteiger partial charge in [-0.05, 0) is 30.4 Å². The fourth-order valence-electron chi connectivity index (χ4n) is 1.45. The average molecular weight is 250 g/mol. The number of carboxylic acid groups (broad SMARTS) is 1. The topological polar surface area (TPSA) is 62.2 Å². The van der Waals surface area contributed by atoms with Crippen molar-refractivity contribution in [3.8, 4) is 0 Å². The summed E-state index contributed by atoms with van der Waals surface area (Å²) < 4.78 is 0. The number of carbonyl (C=O) groups is 1. The number of hydrogen-bond acceptors (Lipinski definition) is 3. The highest BCUT2D eigenvalue weighted by Crippen LogP contribution is 2.25. The maximum Gasteiger partial charge on any atom is 0.337 e. The van der Waals surface area contributed by atoms with E-state index < -0.39 is 5.97 Å². The zero-order valence-corrected chi connectivity index (χ0v) is 11.7. The normalized spacial score (nSPS) is 13.2. The molecule has 1 atom stereocenters. The van der Waals surface area contributed by atoms with Crippen molar-refractivity contribution in [2.75, 3.05) is 11.9 Å². The standard InChI is InChI=1S/C14H22N2O2/c1-9(14(3,4)5)8-15-12-7-6-11(13(17)18)10(2)16-12/h6-7,9H,8H2,1-5H3,(H,15,16)(H,17,18). The minimum absolute atomic E-state index is 0.239. The van der Waals surface area contributed by atoms with E-state index >= 15 is 0 Å². The van der Waals surface area contributed by atoms with Gasteiger partial charge in [-0.15, -0.1) is 0 Å². The van der Waals surface area contributed by atoms with Gasteiger partial charge in [0.25, 0.3) is 0 Å². The van der Waals surface area contributed by atoms with Crippen molar-refractivity contribution in [1.29, 1.82) is 0 Å². The van der Waals surface area contributed by atoms with Crippen LogP contribution in [0.25, 0.3) is 0 Å². The highest BCUT2D eigenvalue weighted by Gasteiger charge is 2.19. The van der Waals surface area contributed by atoms with Crippen LogP contribution in [0.1, 0.15) is 43.7 Å². The molecule has 0 radical (unpaired) electrons. The molecule has 1 rings (SSSR count). The lowest BCUT2D eigenvalue weighted by Crippen LogP contribution is -2.25. The van der Waals surface area contributed by atoms with Gasteiger partial charge in [-0.3, -0.25) is 0 Å². The molecule has 0 saturated carbocycles. The first kappa shape index (κ1) is 14.5. The van der Waals surface area contributed by atoms with Crippen LogP contribution in [0.15, 0.2) is 12.1 Å². The Kier molecular flexibility index (Phi) is 4.33. The first-order valence-corrected chi connectivity index (χ1v) is 6.16. The van der Waals surface area contributed by atoms with Crippen molar-refractivity contribution >= 4 is 11.8 Å². The first-order valence-electron chi connectivity index (χ1n) is 6.16. The Balaban J connectivity index is 2.70. The zero-order chi connectivity index (χ0) is 13.9. The zero-order valence-electron chi connectivity index (χ0n) is 11.7. The molecule has 1 aromatic heterocycles. The third-order valence-electron chi connectivity index (χ3n) is 3.38. The minimum atomic E-state index is -0.936. The van der Waals surface area contributed by atoms with Crippen molar-refractivity contribution in [2.45, 2.75) is 34.6 Å². The first-order chi connectivity index (χ1) is 8.21. The highest BCUT2D eigenvalue weighted by molar-refractivity contribution is 5.89. The molecule has 4 heteroatoms. The monoisotopic (exact) mass is 250 g/mol. The van der Waals surface area contributed by atoms with E-state index in [0.717, 1.165) is 12.4 Å². The van der Waals surface area contributed by atoms with Crippen LogP contribution in [0.3, 0.4) is 0 Å². The third-order valence-corrected chi connectivity index (χ3v) is 3.38. The Bertz CT molecular complexity index is 436. The van der Waals surface area contributed by atoms with Crippen molar-refractivity contribution in [2.24, 2.45) is 11.3 Å². The Morgan fingerprint density at radius 3 is 2.50 bits per heavy atom. The van der Waals surface area contributed by atoms with Crippen molar-refractivity contribution in [3.05, 3.63) is 23.4 Å². The van der Waals surface area contributed by atoms with Gasteiger partial charge >= 0.3 is 5.97 Å². The lowest BCUT2D eigenvalue weighted by atomic mass is 9.82. The minimum Gasteiger partial charge on any atom is -0.478 e. The molecule has 1 unspecified atom stereocenters. The summed E-state index contributed by atoms with van der Waals surface area (Å²) in [7, 11) is 0. The van der Waals surface area contributed by atoms with Crippen LogP contribution in [-0.2, 0) is 0 Å². The number of hydrogen-bond donors (Lipinski definition) is 2. The summed E-state index contributed by atoms with van der Waals surface area (Å²) in [6, 6.07) is 3.31. The van der Waals surface area contributed by atoms with Gasteiger partial charge in [-0.1, -0.05) is 27.7 Å². The molecule has 1 aromatic rings. The summed E-state index contributed by atoms with van der Waals surface area (Å²) in [4.78, 5) is 15.1. The molecule has 2 N–H and O–H groups in total. The summed E-state index contributed by atoms with van der Waals surface area (Å²) in [6.45, 7) is 11.3. The molecule has 0 aliphatic carbocycles. The maximum atomic E-state index is 10.9. The van der Waals surface area contributed by atoms with Crippen molar-refractivity contribution in [1.82, 2.24) is 4.98 Å². The molecule has 0 bridgehead atoms. The van der Waals surface area contributed by atoms with Crippen LogP contribution in [0, 0.1) is 18.3 Å². The van der Waals surface area contributed by atoms with Crippen LogP contribution in [0.4, 0.5) is 5.82 Å². The summed E-state index contributed by atoms with van der Waals surface area (Å²) in [5, 5.41) is 12.2. The van der Waals surface area contributed by atoms with E-state index in [2.05, 4.69) is 38.0 Å². The number of aromatic carboxylic acids is 1. The predicted octanol–water partition coefficient (Wildman–Crippen LogP) is 3.18. The van der Waals surface area contributed by atoms with Gasteiger partial charge < -0.3 is 10.4 Å². The van der Waals surface area contributed by atoms with Crippen molar-refractivity contribution in [3.63, 3.8) is 0 Å². The van der Waals surface area contributed by atoms with Crippen LogP contribution in [0.2, 0.25) is 0 Å². The Morgan fingerprint density at radius 1 is 1.44 bits per heavy atom. The van der Waals surface area contributed by atoms with E-state index in [-0.39, 0.29) is 11.0 Å². The van der Waals surface area contributed by atoms with Gasteiger partial charge in [0.15, 0.2) is 0 Å². The fourth-order valence-corrected chi connectivity index (χ4v) is 1.45. The van der Waals surface area contributed by atoms with E-state index in [1.54, 1.807) is 19.1 Å². The largest absolute Gasteiger partial charge is 0.478 e.